The fourth-order valence-corrected chi connectivity index (χ4v) is 1.28. The Labute approximate surface area is 73.5 Å². The topological polar surface area (TPSA) is 38.3 Å². The van der Waals surface area contributed by atoms with Gasteiger partial charge in [-0.25, -0.2) is 0 Å². The molecule has 1 N–H and O–H groups in total. The first kappa shape index (κ1) is 9.52. The molecule has 3 nitrogen and oxygen atoms in total. The minimum atomic E-state index is -0.0306. The van der Waals surface area contributed by atoms with Crippen LogP contribution in [0.25, 0.3) is 0 Å². The van der Waals surface area contributed by atoms with Crippen molar-refractivity contribution in [3.8, 4) is 0 Å². The zero-order valence-corrected chi connectivity index (χ0v) is 7.47. The average Bonchev–Trinajstić information content (AvgIpc) is 2.11. The zero-order valence-electron chi connectivity index (χ0n) is 7.47. The van der Waals surface area contributed by atoms with Crippen molar-refractivity contribution >= 4 is 5.97 Å². The Bertz CT molecular complexity index is 122. The Balaban J connectivity index is 2.17. The molecule has 0 spiro atoms. The molecular weight excluding hydrogens is 154 g/mol. The summed E-state index contributed by atoms with van der Waals surface area (Å²) in [5.74, 6) is -0.0306. The molecule has 0 aromatic heterocycles. The molecule has 0 radical (unpaired) electrons. The predicted octanol–water partition coefficient (Wildman–Crippen LogP) is 1.08. The van der Waals surface area contributed by atoms with E-state index < -0.39 is 0 Å². The van der Waals surface area contributed by atoms with Crippen LogP contribution in [0.15, 0.2) is 0 Å². The number of rotatable bonds is 0. The van der Waals surface area contributed by atoms with E-state index in [1.165, 1.54) is 6.42 Å². The molecule has 1 aliphatic rings. The molecule has 0 aliphatic carbocycles. The first-order valence-electron chi connectivity index (χ1n) is 4.76. The highest BCUT2D eigenvalue weighted by Gasteiger charge is 2.03. The van der Waals surface area contributed by atoms with Crippen molar-refractivity contribution in [2.75, 3.05) is 19.7 Å². The highest BCUT2D eigenvalue weighted by molar-refractivity contribution is 5.69. The number of hydrogen-bond acceptors (Lipinski definition) is 3. The fraction of sp³-hybridized carbons (Fsp3) is 0.889. The highest BCUT2D eigenvalue weighted by Crippen LogP contribution is 2.02. The van der Waals surface area contributed by atoms with Crippen LogP contribution in [0, 0.1) is 0 Å². The lowest BCUT2D eigenvalue weighted by atomic mass is 10.2. The smallest absolute Gasteiger partial charge is 0.305 e. The van der Waals surface area contributed by atoms with Gasteiger partial charge in [-0.15, -0.1) is 0 Å². The first-order chi connectivity index (χ1) is 5.89. The molecule has 1 aliphatic heterocycles. The Morgan fingerprint density at radius 1 is 1.08 bits per heavy atom. The van der Waals surface area contributed by atoms with Crippen LogP contribution in [0.5, 0.6) is 0 Å². The molecule has 0 aromatic carbocycles. The fourth-order valence-electron chi connectivity index (χ4n) is 1.28. The molecule has 0 amide bonds. The van der Waals surface area contributed by atoms with E-state index in [1.807, 2.05) is 0 Å². The summed E-state index contributed by atoms with van der Waals surface area (Å²) in [5.41, 5.74) is 0. The quantitative estimate of drug-likeness (QED) is 0.554. The summed E-state index contributed by atoms with van der Waals surface area (Å²) in [6.45, 7) is 2.62. The van der Waals surface area contributed by atoms with Gasteiger partial charge in [0, 0.05) is 6.42 Å². The Hall–Kier alpha value is -0.570. The van der Waals surface area contributed by atoms with E-state index in [9.17, 15) is 4.79 Å². The van der Waals surface area contributed by atoms with Crippen LogP contribution < -0.4 is 5.32 Å². The summed E-state index contributed by atoms with van der Waals surface area (Å²) in [4.78, 5) is 11.0. The van der Waals surface area contributed by atoms with Crippen molar-refractivity contribution in [3.05, 3.63) is 0 Å². The van der Waals surface area contributed by atoms with Gasteiger partial charge >= 0.3 is 5.97 Å². The van der Waals surface area contributed by atoms with E-state index >= 15 is 0 Å². The normalized spacial score (nSPS) is 22.5. The lowest BCUT2D eigenvalue weighted by Gasteiger charge is -2.02. The number of nitrogens with one attached hydrogen (secondary N) is 1. The third-order valence-electron chi connectivity index (χ3n) is 2.00. The van der Waals surface area contributed by atoms with Gasteiger partial charge in [0.25, 0.3) is 0 Å². The van der Waals surface area contributed by atoms with Crippen molar-refractivity contribution in [2.45, 2.75) is 32.1 Å². The van der Waals surface area contributed by atoms with E-state index in [0.717, 1.165) is 32.4 Å². The molecule has 12 heavy (non-hydrogen) atoms. The molecule has 0 unspecified atom stereocenters. The predicted molar refractivity (Wildman–Crippen MR) is 46.9 cm³/mol. The maximum atomic E-state index is 11.0. The number of hydrogen-bond donors (Lipinski definition) is 1. The standard InChI is InChI=1S/C9H17NO2/c11-9-5-2-1-3-6-10-7-4-8-12-9/h10H,1-8H2. The number of cyclic esters (lactones) is 1. The van der Waals surface area contributed by atoms with Crippen LogP contribution in [0.4, 0.5) is 0 Å². The maximum Gasteiger partial charge on any atom is 0.305 e. The van der Waals surface area contributed by atoms with Crippen LogP contribution in [-0.2, 0) is 9.53 Å². The molecule has 70 valence electrons. The maximum absolute atomic E-state index is 11.0. The van der Waals surface area contributed by atoms with Crippen LogP contribution >= 0.6 is 0 Å². The van der Waals surface area contributed by atoms with Gasteiger partial charge in [0.2, 0.25) is 0 Å². The Kier molecular flexibility index (Phi) is 4.76. The van der Waals surface area contributed by atoms with Gasteiger partial charge in [-0.3, -0.25) is 4.79 Å². The van der Waals surface area contributed by atoms with Gasteiger partial charge < -0.3 is 10.1 Å². The first-order valence-corrected chi connectivity index (χ1v) is 4.76. The van der Waals surface area contributed by atoms with E-state index in [0.29, 0.717) is 13.0 Å². The second-order valence-corrected chi connectivity index (χ2v) is 3.13. The molecule has 0 aromatic rings. The third-order valence-corrected chi connectivity index (χ3v) is 2.00. The molecular formula is C9H17NO2. The van der Waals surface area contributed by atoms with Gasteiger partial charge in [0.1, 0.15) is 0 Å². The van der Waals surface area contributed by atoms with Crippen molar-refractivity contribution < 1.29 is 9.53 Å². The van der Waals surface area contributed by atoms with Crippen molar-refractivity contribution in [1.29, 1.82) is 0 Å². The van der Waals surface area contributed by atoms with Crippen molar-refractivity contribution in [3.63, 3.8) is 0 Å². The van der Waals surface area contributed by atoms with Crippen LogP contribution in [-0.4, -0.2) is 25.7 Å². The molecule has 3 heteroatoms. The number of ether oxygens (including phenoxy) is 1. The molecule has 1 saturated heterocycles. The second kappa shape index (κ2) is 6.00. The molecule has 1 heterocycles. The Morgan fingerprint density at radius 2 is 1.92 bits per heavy atom. The van der Waals surface area contributed by atoms with Crippen LogP contribution in [0.1, 0.15) is 32.1 Å². The minimum Gasteiger partial charge on any atom is -0.466 e. The summed E-state index contributed by atoms with van der Waals surface area (Å²) in [5, 5.41) is 3.31. The molecule has 0 atom stereocenters. The van der Waals surface area contributed by atoms with E-state index in [1.54, 1.807) is 0 Å². The van der Waals surface area contributed by atoms with Gasteiger partial charge in [0.15, 0.2) is 0 Å². The molecule has 0 saturated carbocycles. The van der Waals surface area contributed by atoms with E-state index in [2.05, 4.69) is 5.32 Å². The van der Waals surface area contributed by atoms with Gasteiger partial charge in [-0.2, -0.15) is 0 Å². The number of carbonyl (C=O) groups is 1. The SMILES string of the molecule is O=C1CCCCCNCCCO1. The molecule has 0 bridgehead atoms. The largest absolute Gasteiger partial charge is 0.466 e. The van der Waals surface area contributed by atoms with Gasteiger partial charge in [-0.1, -0.05) is 6.42 Å². The summed E-state index contributed by atoms with van der Waals surface area (Å²) < 4.78 is 5.00. The van der Waals surface area contributed by atoms with Gasteiger partial charge in [0.05, 0.1) is 6.61 Å². The minimum absolute atomic E-state index is 0.0306. The second-order valence-electron chi connectivity index (χ2n) is 3.13. The molecule has 1 fully saturated rings. The Morgan fingerprint density at radius 3 is 2.83 bits per heavy atom. The number of esters is 1. The summed E-state index contributed by atoms with van der Waals surface area (Å²) in [6, 6.07) is 0. The van der Waals surface area contributed by atoms with E-state index in [4.69, 9.17) is 4.74 Å². The van der Waals surface area contributed by atoms with Crippen molar-refractivity contribution in [2.24, 2.45) is 0 Å². The van der Waals surface area contributed by atoms with Crippen LogP contribution in [0.2, 0.25) is 0 Å². The zero-order chi connectivity index (χ0) is 8.65. The third kappa shape index (κ3) is 4.34. The highest BCUT2D eigenvalue weighted by atomic mass is 16.5. The monoisotopic (exact) mass is 171 g/mol. The summed E-state index contributed by atoms with van der Waals surface area (Å²) in [7, 11) is 0. The molecule has 1 rings (SSSR count). The van der Waals surface area contributed by atoms with Crippen LogP contribution in [0.3, 0.4) is 0 Å². The van der Waals surface area contributed by atoms with Gasteiger partial charge in [-0.05, 0) is 32.4 Å². The van der Waals surface area contributed by atoms with E-state index in [-0.39, 0.29) is 5.97 Å². The lowest BCUT2D eigenvalue weighted by Crippen LogP contribution is -2.17. The number of carbonyl (C=O) groups excluding carboxylic acids is 1. The van der Waals surface area contributed by atoms with Crippen molar-refractivity contribution in [1.82, 2.24) is 5.32 Å². The summed E-state index contributed by atoms with van der Waals surface area (Å²) >= 11 is 0. The summed E-state index contributed by atoms with van der Waals surface area (Å²) in [6.07, 6.45) is 4.81. The average molecular weight is 171 g/mol. The lowest BCUT2D eigenvalue weighted by molar-refractivity contribution is -0.143.